The standard InChI is InChI=1S/C16H14N2O4S/c17-11-1-3-12(4-2-11)18-13-5-6-15-10(7-13)8-14(9-16(15)19)23(20,21)22/h1-9,18-19H,17H2,(H,20,21,22). The Labute approximate surface area is 132 Å². The van der Waals surface area contributed by atoms with Crippen molar-refractivity contribution >= 4 is 38.0 Å². The first-order valence-corrected chi connectivity index (χ1v) is 8.14. The summed E-state index contributed by atoms with van der Waals surface area (Å²) in [5.74, 6) is -0.214. The van der Waals surface area contributed by atoms with Crippen molar-refractivity contribution in [3.05, 3.63) is 54.6 Å². The summed E-state index contributed by atoms with van der Waals surface area (Å²) in [6.45, 7) is 0. The molecule has 0 atom stereocenters. The molecule has 0 unspecified atom stereocenters. The van der Waals surface area contributed by atoms with Gasteiger partial charge < -0.3 is 16.2 Å². The van der Waals surface area contributed by atoms with Crippen LogP contribution in [0, 0.1) is 0 Å². The van der Waals surface area contributed by atoms with E-state index in [0.29, 0.717) is 22.1 Å². The minimum Gasteiger partial charge on any atom is -0.507 e. The third-order valence-corrected chi connectivity index (χ3v) is 4.23. The van der Waals surface area contributed by atoms with Gasteiger partial charge in [-0.05, 0) is 53.9 Å². The van der Waals surface area contributed by atoms with Gasteiger partial charge in [0.15, 0.2) is 0 Å². The number of phenolic OH excluding ortho intramolecular Hbond substituents is 1. The largest absolute Gasteiger partial charge is 0.507 e. The Morgan fingerprint density at radius 3 is 2.22 bits per heavy atom. The molecule has 0 spiro atoms. The zero-order chi connectivity index (χ0) is 16.6. The molecule has 0 radical (unpaired) electrons. The number of phenols is 1. The van der Waals surface area contributed by atoms with Crippen LogP contribution in [0.1, 0.15) is 0 Å². The highest BCUT2D eigenvalue weighted by atomic mass is 32.2. The van der Waals surface area contributed by atoms with E-state index in [9.17, 15) is 13.5 Å². The van der Waals surface area contributed by atoms with Gasteiger partial charge in [0.25, 0.3) is 10.1 Å². The molecular weight excluding hydrogens is 316 g/mol. The molecule has 3 rings (SSSR count). The van der Waals surface area contributed by atoms with Gasteiger partial charge in [-0.25, -0.2) is 0 Å². The van der Waals surface area contributed by atoms with Crippen LogP contribution < -0.4 is 11.1 Å². The summed E-state index contributed by atoms with van der Waals surface area (Å²) in [4.78, 5) is -0.355. The third kappa shape index (κ3) is 3.20. The average Bonchev–Trinajstić information content (AvgIpc) is 2.48. The van der Waals surface area contributed by atoms with Crippen molar-refractivity contribution in [3.63, 3.8) is 0 Å². The topological polar surface area (TPSA) is 113 Å². The van der Waals surface area contributed by atoms with Crippen LogP contribution in [0.25, 0.3) is 10.8 Å². The number of nitrogens with one attached hydrogen (secondary N) is 1. The fourth-order valence-electron chi connectivity index (χ4n) is 2.28. The third-order valence-electron chi connectivity index (χ3n) is 3.40. The summed E-state index contributed by atoms with van der Waals surface area (Å²) < 4.78 is 31.6. The van der Waals surface area contributed by atoms with Crippen LogP contribution in [0.5, 0.6) is 5.75 Å². The highest BCUT2D eigenvalue weighted by Crippen LogP contribution is 2.31. The molecule has 0 aliphatic rings. The summed E-state index contributed by atoms with van der Waals surface area (Å²) >= 11 is 0. The summed E-state index contributed by atoms with van der Waals surface area (Å²) in [6.07, 6.45) is 0. The molecule has 0 saturated heterocycles. The zero-order valence-corrected chi connectivity index (χ0v) is 12.7. The molecule has 0 fully saturated rings. The minimum absolute atomic E-state index is 0.214. The summed E-state index contributed by atoms with van der Waals surface area (Å²) in [6, 6.07) is 14.6. The van der Waals surface area contributed by atoms with E-state index < -0.39 is 10.1 Å². The van der Waals surface area contributed by atoms with Crippen molar-refractivity contribution in [3.8, 4) is 5.75 Å². The van der Waals surface area contributed by atoms with Crippen LogP contribution in [0.4, 0.5) is 17.1 Å². The molecule has 118 valence electrons. The predicted molar refractivity (Wildman–Crippen MR) is 89.6 cm³/mol. The lowest BCUT2D eigenvalue weighted by Crippen LogP contribution is -1.98. The lowest BCUT2D eigenvalue weighted by atomic mass is 10.1. The first-order chi connectivity index (χ1) is 10.8. The van der Waals surface area contributed by atoms with E-state index in [-0.39, 0.29) is 10.6 Å². The van der Waals surface area contributed by atoms with Crippen molar-refractivity contribution < 1.29 is 18.1 Å². The Kier molecular flexibility index (Phi) is 3.59. The molecule has 0 aromatic heterocycles. The monoisotopic (exact) mass is 330 g/mol. The van der Waals surface area contributed by atoms with Crippen LogP contribution in [-0.4, -0.2) is 18.1 Å². The van der Waals surface area contributed by atoms with Gasteiger partial charge in [0.05, 0.1) is 4.90 Å². The maximum Gasteiger partial charge on any atom is 0.294 e. The van der Waals surface area contributed by atoms with Gasteiger partial charge >= 0.3 is 0 Å². The highest BCUT2D eigenvalue weighted by molar-refractivity contribution is 7.85. The molecular formula is C16H14N2O4S. The van der Waals surface area contributed by atoms with E-state index in [1.54, 1.807) is 30.3 Å². The van der Waals surface area contributed by atoms with Gasteiger partial charge in [-0.3, -0.25) is 4.55 Å². The quantitative estimate of drug-likeness (QED) is 0.433. The average molecular weight is 330 g/mol. The Morgan fingerprint density at radius 2 is 1.57 bits per heavy atom. The smallest absolute Gasteiger partial charge is 0.294 e. The Morgan fingerprint density at radius 1 is 0.913 bits per heavy atom. The lowest BCUT2D eigenvalue weighted by molar-refractivity contribution is 0.471. The maximum atomic E-state index is 11.3. The number of anilines is 3. The molecule has 0 aliphatic heterocycles. The van der Waals surface area contributed by atoms with Gasteiger partial charge in [0, 0.05) is 28.5 Å². The van der Waals surface area contributed by atoms with Gasteiger partial charge in [0.1, 0.15) is 5.75 Å². The number of rotatable bonds is 3. The molecule has 6 nitrogen and oxygen atoms in total. The van der Waals surface area contributed by atoms with E-state index in [1.165, 1.54) is 6.07 Å². The normalized spacial score (nSPS) is 11.5. The fourth-order valence-corrected chi connectivity index (χ4v) is 2.82. The second-order valence-electron chi connectivity index (χ2n) is 5.10. The molecule has 23 heavy (non-hydrogen) atoms. The van der Waals surface area contributed by atoms with Crippen molar-refractivity contribution in [1.29, 1.82) is 0 Å². The van der Waals surface area contributed by atoms with E-state index in [2.05, 4.69) is 5.32 Å². The number of benzene rings is 3. The van der Waals surface area contributed by atoms with Crippen molar-refractivity contribution in [2.24, 2.45) is 0 Å². The number of aromatic hydroxyl groups is 1. The van der Waals surface area contributed by atoms with Gasteiger partial charge in [-0.1, -0.05) is 0 Å². The van der Waals surface area contributed by atoms with Crippen LogP contribution >= 0.6 is 0 Å². The first kappa shape index (κ1) is 15.1. The van der Waals surface area contributed by atoms with Gasteiger partial charge in [-0.15, -0.1) is 0 Å². The van der Waals surface area contributed by atoms with Crippen LogP contribution in [0.2, 0.25) is 0 Å². The number of nitrogen functional groups attached to an aromatic ring is 1. The number of nitrogens with two attached hydrogens (primary N) is 1. The first-order valence-electron chi connectivity index (χ1n) is 6.70. The van der Waals surface area contributed by atoms with E-state index >= 15 is 0 Å². The van der Waals surface area contributed by atoms with E-state index in [0.717, 1.165) is 11.8 Å². The number of hydrogen-bond acceptors (Lipinski definition) is 5. The second kappa shape index (κ2) is 5.45. The SMILES string of the molecule is Nc1ccc(Nc2ccc3c(O)cc(S(=O)(=O)O)cc3c2)cc1. The Balaban J connectivity index is 2.05. The molecule has 3 aromatic carbocycles. The summed E-state index contributed by atoms with van der Waals surface area (Å²) in [5, 5.41) is 14.0. The van der Waals surface area contributed by atoms with Crippen molar-refractivity contribution in [2.75, 3.05) is 11.1 Å². The molecule has 7 heteroatoms. The van der Waals surface area contributed by atoms with E-state index in [1.807, 2.05) is 12.1 Å². The van der Waals surface area contributed by atoms with Gasteiger partial charge in [0.2, 0.25) is 0 Å². The molecule has 3 aromatic rings. The van der Waals surface area contributed by atoms with Crippen molar-refractivity contribution in [2.45, 2.75) is 4.90 Å². The molecule has 0 saturated carbocycles. The molecule has 0 heterocycles. The lowest BCUT2D eigenvalue weighted by Gasteiger charge is -2.09. The molecule has 5 N–H and O–H groups in total. The van der Waals surface area contributed by atoms with Crippen LogP contribution in [0.15, 0.2) is 59.5 Å². The van der Waals surface area contributed by atoms with Crippen LogP contribution in [0.3, 0.4) is 0 Å². The van der Waals surface area contributed by atoms with E-state index in [4.69, 9.17) is 10.3 Å². The maximum absolute atomic E-state index is 11.3. The molecule has 0 amide bonds. The predicted octanol–water partition coefficient (Wildman–Crippen LogP) is 3.12. The van der Waals surface area contributed by atoms with Crippen LogP contribution in [-0.2, 0) is 10.1 Å². The highest BCUT2D eigenvalue weighted by Gasteiger charge is 2.13. The Bertz CT molecular complexity index is 983. The molecule has 0 bridgehead atoms. The van der Waals surface area contributed by atoms with Crippen molar-refractivity contribution in [1.82, 2.24) is 0 Å². The Hall–Kier alpha value is -2.77. The minimum atomic E-state index is -4.39. The zero-order valence-electron chi connectivity index (χ0n) is 11.9. The van der Waals surface area contributed by atoms with Gasteiger partial charge in [-0.2, -0.15) is 8.42 Å². The summed E-state index contributed by atoms with van der Waals surface area (Å²) in [5.41, 5.74) is 7.80. The summed E-state index contributed by atoms with van der Waals surface area (Å²) in [7, 11) is -4.39. The second-order valence-corrected chi connectivity index (χ2v) is 6.52. The fraction of sp³-hybridized carbons (Fsp3) is 0. The molecule has 0 aliphatic carbocycles. The number of hydrogen-bond donors (Lipinski definition) is 4. The number of fused-ring (bicyclic) bond motifs is 1.